The first-order valence-corrected chi connectivity index (χ1v) is 17.3. The van der Waals surface area contributed by atoms with Crippen LogP contribution in [0.15, 0.2) is 194 Å². The molecule has 0 N–H and O–H groups in total. The summed E-state index contributed by atoms with van der Waals surface area (Å²) >= 11 is 0. The summed E-state index contributed by atoms with van der Waals surface area (Å²) in [5, 5.41) is 12.5. The van der Waals surface area contributed by atoms with Crippen LogP contribution in [-0.2, 0) is 0 Å². The minimum Gasteiger partial charge on any atom is -0.0622 e. The highest BCUT2D eigenvalue weighted by Crippen LogP contribution is 2.48. The Morgan fingerprint density at radius 2 is 0.640 bits per heavy atom. The van der Waals surface area contributed by atoms with Gasteiger partial charge in [0.15, 0.2) is 0 Å². The van der Waals surface area contributed by atoms with Gasteiger partial charge in [0.05, 0.1) is 0 Å². The van der Waals surface area contributed by atoms with Gasteiger partial charge in [-0.05, 0) is 129 Å². The van der Waals surface area contributed by atoms with Crippen LogP contribution in [-0.4, -0.2) is 0 Å². The Balaban J connectivity index is 1.35. The van der Waals surface area contributed by atoms with Crippen molar-refractivity contribution in [3.8, 4) is 44.5 Å². The monoisotopic (exact) mass is 632 g/mol. The van der Waals surface area contributed by atoms with Gasteiger partial charge in [0, 0.05) is 0 Å². The minimum absolute atomic E-state index is 1.22. The summed E-state index contributed by atoms with van der Waals surface area (Å²) in [5.41, 5.74) is 9.93. The lowest BCUT2D eigenvalue weighted by Gasteiger charge is -2.21. The topological polar surface area (TPSA) is 0 Å². The van der Waals surface area contributed by atoms with E-state index in [-0.39, 0.29) is 0 Å². The molecule has 0 aliphatic heterocycles. The van der Waals surface area contributed by atoms with E-state index in [2.05, 4.69) is 194 Å². The molecule has 0 bridgehead atoms. The fourth-order valence-electron chi connectivity index (χ4n) is 7.98. The molecule has 10 aromatic carbocycles. The summed E-state index contributed by atoms with van der Waals surface area (Å²) in [6.07, 6.45) is 0. The molecule has 0 unspecified atom stereocenters. The predicted octanol–water partition coefficient (Wildman–Crippen LogP) is 14.1. The first-order valence-electron chi connectivity index (χ1n) is 17.3. The van der Waals surface area contributed by atoms with Crippen LogP contribution in [0.1, 0.15) is 0 Å². The summed E-state index contributed by atoms with van der Waals surface area (Å²) < 4.78 is 0. The van der Waals surface area contributed by atoms with Crippen LogP contribution in [0.4, 0.5) is 0 Å². The molecule has 0 heterocycles. The van der Waals surface area contributed by atoms with Crippen LogP contribution in [0, 0.1) is 0 Å². The average Bonchev–Trinajstić information content (AvgIpc) is 3.19. The quantitative estimate of drug-likeness (QED) is 0.169. The lowest BCUT2D eigenvalue weighted by Crippen LogP contribution is -1.94. The number of hydrogen-bond acceptors (Lipinski definition) is 0. The number of benzene rings is 10. The van der Waals surface area contributed by atoms with E-state index in [1.807, 2.05) is 0 Å². The van der Waals surface area contributed by atoms with Gasteiger partial charge in [0.25, 0.3) is 0 Å². The van der Waals surface area contributed by atoms with E-state index in [9.17, 15) is 0 Å². The summed E-state index contributed by atoms with van der Waals surface area (Å²) in [6, 6.07) is 71.6. The van der Waals surface area contributed by atoms with E-state index in [1.54, 1.807) is 0 Å². The molecular weight excluding hydrogens is 601 g/mol. The molecule has 0 heteroatoms. The van der Waals surface area contributed by atoms with Gasteiger partial charge in [-0.3, -0.25) is 0 Å². The van der Waals surface area contributed by atoms with Crippen molar-refractivity contribution in [2.45, 2.75) is 0 Å². The zero-order valence-electron chi connectivity index (χ0n) is 27.5. The Kier molecular flexibility index (Phi) is 6.60. The van der Waals surface area contributed by atoms with E-state index in [0.717, 1.165) is 0 Å². The maximum absolute atomic E-state index is 2.43. The van der Waals surface area contributed by atoms with Crippen molar-refractivity contribution in [1.82, 2.24) is 0 Å². The summed E-state index contributed by atoms with van der Waals surface area (Å²) in [5.74, 6) is 0. The second kappa shape index (κ2) is 11.6. The van der Waals surface area contributed by atoms with Gasteiger partial charge in [0.2, 0.25) is 0 Å². The Bertz CT molecular complexity index is 2910. The van der Waals surface area contributed by atoms with Crippen molar-refractivity contribution in [2.75, 3.05) is 0 Å². The molecule has 0 nitrogen and oxygen atoms in total. The Hall–Kier alpha value is -6.50. The van der Waals surface area contributed by atoms with Gasteiger partial charge in [-0.1, -0.05) is 164 Å². The van der Waals surface area contributed by atoms with Gasteiger partial charge < -0.3 is 0 Å². The lowest BCUT2D eigenvalue weighted by atomic mass is 9.82. The third-order valence-electron chi connectivity index (χ3n) is 10.4. The van der Waals surface area contributed by atoms with Crippen molar-refractivity contribution >= 4 is 53.9 Å². The first-order chi connectivity index (χ1) is 24.8. The standard InChI is InChI=1S/C50H32/c1-2-14-35(15-3-1)46-30-38-18-8-9-19-39(38)31-48(46)50-44-21-11-10-20-43(44)49(42-25-23-34-13-5-7-17-37(34)29-42)47-32-41(26-27-45(47)50)40-24-22-33-12-4-6-16-36(33)28-40/h1-32H. The number of hydrogen-bond donors (Lipinski definition) is 0. The van der Waals surface area contributed by atoms with Crippen molar-refractivity contribution in [3.63, 3.8) is 0 Å². The highest BCUT2D eigenvalue weighted by molar-refractivity contribution is 6.24. The summed E-state index contributed by atoms with van der Waals surface area (Å²) in [6.45, 7) is 0. The molecule has 0 aliphatic rings. The molecule has 50 heavy (non-hydrogen) atoms. The van der Waals surface area contributed by atoms with Gasteiger partial charge >= 0.3 is 0 Å². The normalized spacial score (nSPS) is 11.6. The van der Waals surface area contributed by atoms with Gasteiger partial charge in [-0.25, -0.2) is 0 Å². The van der Waals surface area contributed by atoms with Crippen molar-refractivity contribution < 1.29 is 0 Å². The zero-order chi connectivity index (χ0) is 33.0. The second-order valence-corrected chi connectivity index (χ2v) is 13.3. The number of rotatable bonds is 4. The Morgan fingerprint density at radius 1 is 0.200 bits per heavy atom. The molecular formula is C50H32. The molecule has 0 spiro atoms. The molecule has 0 atom stereocenters. The summed E-state index contributed by atoms with van der Waals surface area (Å²) in [7, 11) is 0. The third-order valence-corrected chi connectivity index (χ3v) is 10.4. The lowest BCUT2D eigenvalue weighted by molar-refractivity contribution is 1.62. The van der Waals surface area contributed by atoms with E-state index in [0.29, 0.717) is 0 Å². The Labute approximate surface area is 291 Å². The highest BCUT2D eigenvalue weighted by atomic mass is 14.2. The number of fused-ring (bicyclic) bond motifs is 5. The Morgan fingerprint density at radius 3 is 1.30 bits per heavy atom. The maximum Gasteiger partial charge on any atom is -0.00199 e. The van der Waals surface area contributed by atoms with Gasteiger partial charge in [-0.15, -0.1) is 0 Å². The van der Waals surface area contributed by atoms with Crippen LogP contribution < -0.4 is 0 Å². The van der Waals surface area contributed by atoms with E-state index in [4.69, 9.17) is 0 Å². The molecule has 0 radical (unpaired) electrons. The van der Waals surface area contributed by atoms with Crippen LogP contribution in [0.2, 0.25) is 0 Å². The predicted molar refractivity (Wildman–Crippen MR) is 216 cm³/mol. The molecule has 232 valence electrons. The second-order valence-electron chi connectivity index (χ2n) is 13.3. The summed E-state index contributed by atoms with van der Waals surface area (Å²) in [4.78, 5) is 0. The molecule has 0 saturated heterocycles. The first kappa shape index (κ1) is 28.5. The molecule has 0 aliphatic carbocycles. The molecule has 0 amide bonds. The highest BCUT2D eigenvalue weighted by Gasteiger charge is 2.20. The smallest absolute Gasteiger partial charge is 0.00199 e. The average molecular weight is 633 g/mol. The third kappa shape index (κ3) is 4.69. The fraction of sp³-hybridized carbons (Fsp3) is 0. The zero-order valence-corrected chi connectivity index (χ0v) is 27.5. The van der Waals surface area contributed by atoms with Crippen molar-refractivity contribution in [2.24, 2.45) is 0 Å². The van der Waals surface area contributed by atoms with Crippen LogP contribution in [0.5, 0.6) is 0 Å². The molecule has 0 fully saturated rings. The maximum atomic E-state index is 2.43. The molecule has 10 rings (SSSR count). The van der Waals surface area contributed by atoms with E-state index >= 15 is 0 Å². The van der Waals surface area contributed by atoms with E-state index in [1.165, 1.54) is 98.4 Å². The molecule has 0 aromatic heterocycles. The minimum atomic E-state index is 1.22. The van der Waals surface area contributed by atoms with Crippen LogP contribution in [0.25, 0.3) is 98.4 Å². The largest absolute Gasteiger partial charge is 0.0622 e. The molecule has 10 aromatic rings. The van der Waals surface area contributed by atoms with Crippen molar-refractivity contribution in [3.05, 3.63) is 194 Å². The van der Waals surface area contributed by atoms with Gasteiger partial charge in [0.1, 0.15) is 0 Å². The van der Waals surface area contributed by atoms with Gasteiger partial charge in [-0.2, -0.15) is 0 Å². The van der Waals surface area contributed by atoms with Crippen LogP contribution >= 0.6 is 0 Å². The fourth-order valence-corrected chi connectivity index (χ4v) is 7.98. The van der Waals surface area contributed by atoms with Crippen molar-refractivity contribution in [1.29, 1.82) is 0 Å². The van der Waals surface area contributed by atoms with E-state index < -0.39 is 0 Å². The SMILES string of the molecule is c1ccc(-c2cc3ccccc3cc2-c2c3ccccc3c(-c3ccc4ccccc4c3)c3cc(-c4ccc5ccccc5c4)ccc23)cc1. The molecule has 0 saturated carbocycles. The van der Waals surface area contributed by atoms with Crippen LogP contribution in [0.3, 0.4) is 0 Å².